The number of nitrogens with one attached hydrogen (secondary N) is 2. The molecule has 1 aromatic rings. The topological polar surface area (TPSA) is 64.1 Å². The molecule has 0 amide bonds. The number of aliphatic imine (C=N–C) groups is 1. The van der Waals surface area contributed by atoms with Crippen LogP contribution in [0.2, 0.25) is 0 Å². The summed E-state index contributed by atoms with van der Waals surface area (Å²) in [6, 6.07) is 3.91. The molecule has 1 aliphatic heterocycles. The fourth-order valence-corrected chi connectivity index (χ4v) is 2.85. The number of alkyl halides is 3. The Labute approximate surface area is 163 Å². The molecule has 1 fully saturated rings. The maximum absolute atomic E-state index is 13.3. The van der Waals surface area contributed by atoms with Gasteiger partial charge < -0.3 is 24.8 Å². The number of halogens is 3. The van der Waals surface area contributed by atoms with Gasteiger partial charge in [0, 0.05) is 39.3 Å². The van der Waals surface area contributed by atoms with Crippen molar-refractivity contribution in [3.05, 3.63) is 29.3 Å². The first-order valence-corrected chi connectivity index (χ1v) is 9.28. The van der Waals surface area contributed by atoms with Crippen LogP contribution in [0.4, 0.5) is 13.2 Å². The van der Waals surface area contributed by atoms with E-state index in [1.807, 2.05) is 0 Å². The van der Waals surface area contributed by atoms with E-state index in [9.17, 15) is 13.2 Å². The molecule has 1 saturated heterocycles. The van der Waals surface area contributed by atoms with Gasteiger partial charge in [-0.1, -0.05) is 6.07 Å². The molecule has 1 heterocycles. The Morgan fingerprint density at radius 2 is 2.14 bits per heavy atom. The zero-order valence-electron chi connectivity index (χ0n) is 16.3. The molecule has 1 unspecified atom stereocenters. The van der Waals surface area contributed by atoms with Crippen molar-refractivity contribution in [2.75, 3.05) is 47.1 Å². The van der Waals surface area contributed by atoms with Crippen molar-refractivity contribution in [2.45, 2.75) is 25.6 Å². The molecule has 6 nitrogen and oxygen atoms in total. The third-order valence-corrected chi connectivity index (χ3v) is 4.43. The number of ether oxygens (including phenoxy) is 3. The Hall–Kier alpha value is -2.00. The first kappa shape index (κ1) is 22.3. The number of nitrogens with zero attached hydrogens (tertiary/aromatic N) is 1. The number of hydrogen-bond acceptors (Lipinski definition) is 4. The van der Waals surface area contributed by atoms with Gasteiger partial charge in [0.1, 0.15) is 5.75 Å². The van der Waals surface area contributed by atoms with Crippen LogP contribution in [-0.2, 0) is 22.2 Å². The minimum absolute atomic E-state index is 0.00328. The third-order valence-electron chi connectivity index (χ3n) is 4.43. The van der Waals surface area contributed by atoms with Gasteiger partial charge in [-0.25, -0.2) is 0 Å². The Morgan fingerprint density at radius 1 is 1.32 bits per heavy atom. The van der Waals surface area contributed by atoms with Gasteiger partial charge in [0.2, 0.25) is 0 Å². The Balaban J connectivity index is 1.74. The van der Waals surface area contributed by atoms with Crippen LogP contribution in [0.1, 0.15) is 24.0 Å². The van der Waals surface area contributed by atoms with Crippen molar-refractivity contribution in [2.24, 2.45) is 10.9 Å². The van der Waals surface area contributed by atoms with Gasteiger partial charge >= 0.3 is 6.18 Å². The molecule has 1 aliphatic rings. The van der Waals surface area contributed by atoms with Crippen LogP contribution in [-0.4, -0.2) is 53.1 Å². The molecular weight excluding hydrogens is 375 g/mol. The lowest BCUT2D eigenvalue weighted by molar-refractivity contribution is -0.138. The fourth-order valence-electron chi connectivity index (χ4n) is 2.85. The van der Waals surface area contributed by atoms with Crippen LogP contribution in [0.5, 0.6) is 5.75 Å². The molecule has 1 atom stereocenters. The summed E-state index contributed by atoms with van der Waals surface area (Å²) < 4.78 is 55.6. The van der Waals surface area contributed by atoms with Gasteiger partial charge in [0.05, 0.1) is 25.9 Å². The standard InChI is InChI=1S/C19H28F3N3O3/c1-23-18(24-7-3-8-27-12-14-6-9-28-13-14)25-11-15-4-5-16(26-2)10-17(15)19(20,21)22/h4-5,10,14H,3,6-9,11-13H2,1-2H3,(H2,23,24,25). The minimum atomic E-state index is -4.45. The average molecular weight is 403 g/mol. The molecule has 28 heavy (non-hydrogen) atoms. The SMILES string of the molecule is CN=C(NCCCOCC1CCOC1)NCc1ccc(OC)cc1C(F)(F)F. The van der Waals surface area contributed by atoms with E-state index in [4.69, 9.17) is 14.2 Å². The summed E-state index contributed by atoms with van der Waals surface area (Å²) in [7, 11) is 2.91. The van der Waals surface area contributed by atoms with Crippen LogP contribution in [0.15, 0.2) is 23.2 Å². The average Bonchev–Trinajstić information content (AvgIpc) is 3.19. The van der Waals surface area contributed by atoms with Crippen LogP contribution in [0.3, 0.4) is 0 Å². The van der Waals surface area contributed by atoms with E-state index in [-0.39, 0.29) is 17.9 Å². The van der Waals surface area contributed by atoms with Crippen molar-refractivity contribution < 1.29 is 27.4 Å². The molecule has 2 rings (SSSR count). The molecule has 2 N–H and O–H groups in total. The quantitative estimate of drug-likeness (QED) is 0.377. The number of hydrogen-bond donors (Lipinski definition) is 2. The second kappa shape index (κ2) is 11.1. The summed E-state index contributed by atoms with van der Waals surface area (Å²) in [4.78, 5) is 4.04. The summed E-state index contributed by atoms with van der Waals surface area (Å²) in [5, 5.41) is 5.99. The highest BCUT2D eigenvalue weighted by Crippen LogP contribution is 2.34. The number of methoxy groups -OCH3 is 1. The van der Waals surface area contributed by atoms with E-state index in [0.717, 1.165) is 32.1 Å². The van der Waals surface area contributed by atoms with Crippen LogP contribution >= 0.6 is 0 Å². The van der Waals surface area contributed by atoms with E-state index >= 15 is 0 Å². The molecule has 0 radical (unpaired) electrons. The normalized spacial score (nSPS) is 17.6. The highest BCUT2D eigenvalue weighted by molar-refractivity contribution is 5.79. The van der Waals surface area contributed by atoms with E-state index < -0.39 is 11.7 Å². The summed E-state index contributed by atoms with van der Waals surface area (Å²) in [6.07, 6.45) is -2.64. The molecule has 0 bridgehead atoms. The van der Waals surface area contributed by atoms with Crippen LogP contribution in [0.25, 0.3) is 0 Å². The second-order valence-corrected chi connectivity index (χ2v) is 6.53. The maximum Gasteiger partial charge on any atom is 0.416 e. The van der Waals surface area contributed by atoms with E-state index in [1.165, 1.54) is 19.2 Å². The van der Waals surface area contributed by atoms with Crippen molar-refractivity contribution in [1.82, 2.24) is 10.6 Å². The highest BCUT2D eigenvalue weighted by Gasteiger charge is 2.33. The molecule has 1 aromatic carbocycles. The van der Waals surface area contributed by atoms with Gasteiger partial charge in [-0.3, -0.25) is 4.99 Å². The van der Waals surface area contributed by atoms with Crippen molar-refractivity contribution in [3.63, 3.8) is 0 Å². The lowest BCUT2D eigenvalue weighted by Crippen LogP contribution is -2.38. The Kier molecular flexibility index (Phi) is 8.85. The summed E-state index contributed by atoms with van der Waals surface area (Å²) in [6.45, 7) is 3.48. The first-order chi connectivity index (χ1) is 13.4. The smallest absolute Gasteiger partial charge is 0.416 e. The third kappa shape index (κ3) is 7.20. The predicted molar refractivity (Wildman–Crippen MR) is 101 cm³/mol. The van der Waals surface area contributed by atoms with Gasteiger partial charge in [0.25, 0.3) is 0 Å². The lowest BCUT2D eigenvalue weighted by atomic mass is 10.1. The molecule has 0 aliphatic carbocycles. The largest absolute Gasteiger partial charge is 0.497 e. The fraction of sp³-hybridized carbons (Fsp3) is 0.632. The summed E-state index contributed by atoms with van der Waals surface area (Å²) in [5.74, 6) is 1.09. The van der Waals surface area contributed by atoms with Crippen molar-refractivity contribution in [1.29, 1.82) is 0 Å². The van der Waals surface area contributed by atoms with Gasteiger partial charge in [-0.05, 0) is 30.5 Å². The summed E-state index contributed by atoms with van der Waals surface area (Å²) >= 11 is 0. The van der Waals surface area contributed by atoms with Crippen LogP contribution < -0.4 is 15.4 Å². The molecule has 0 aromatic heterocycles. The number of guanidine groups is 1. The van der Waals surface area contributed by atoms with Crippen LogP contribution in [0, 0.1) is 5.92 Å². The predicted octanol–water partition coefficient (Wildman–Crippen LogP) is 2.82. The molecular formula is C19H28F3N3O3. The Morgan fingerprint density at radius 3 is 2.79 bits per heavy atom. The van der Waals surface area contributed by atoms with E-state index in [1.54, 1.807) is 7.05 Å². The number of benzene rings is 1. The van der Waals surface area contributed by atoms with Gasteiger partial charge in [-0.2, -0.15) is 13.2 Å². The minimum Gasteiger partial charge on any atom is -0.497 e. The molecule has 158 valence electrons. The molecule has 0 saturated carbocycles. The monoisotopic (exact) mass is 403 g/mol. The second-order valence-electron chi connectivity index (χ2n) is 6.53. The van der Waals surface area contributed by atoms with Crippen molar-refractivity contribution in [3.8, 4) is 5.75 Å². The Bertz CT molecular complexity index is 633. The zero-order chi connectivity index (χ0) is 20.4. The number of rotatable bonds is 9. The highest BCUT2D eigenvalue weighted by atomic mass is 19.4. The first-order valence-electron chi connectivity index (χ1n) is 9.28. The van der Waals surface area contributed by atoms with Crippen molar-refractivity contribution >= 4 is 5.96 Å². The summed E-state index contributed by atoms with van der Waals surface area (Å²) in [5.41, 5.74) is -0.600. The molecule has 9 heteroatoms. The van der Waals surface area contributed by atoms with Gasteiger partial charge in [-0.15, -0.1) is 0 Å². The van der Waals surface area contributed by atoms with Gasteiger partial charge in [0.15, 0.2) is 5.96 Å². The molecule has 0 spiro atoms. The van der Waals surface area contributed by atoms with E-state index in [2.05, 4.69) is 15.6 Å². The van der Waals surface area contributed by atoms with E-state index in [0.29, 0.717) is 31.6 Å². The zero-order valence-corrected chi connectivity index (χ0v) is 16.3. The lowest BCUT2D eigenvalue weighted by Gasteiger charge is -2.17. The maximum atomic E-state index is 13.3.